The summed E-state index contributed by atoms with van der Waals surface area (Å²) in [5.41, 5.74) is 0.420. The van der Waals surface area contributed by atoms with Crippen LogP contribution in [-0.2, 0) is 4.74 Å². The molecule has 1 rings (SSSR count). The Morgan fingerprint density at radius 3 is 3.06 bits per heavy atom. The summed E-state index contributed by atoms with van der Waals surface area (Å²) in [5.74, 6) is 0.458. The molecular weight excluding hydrogens is 230 g/mol. The zero-order chi connectivity index (χ0) is 12.0. The molecule has 1 unspecified atom stereocenters. The third-order valence-corrected chi connectivity index (χ3v) is 1.99. The van der Waals surface area contributed by atoms with E-state index in [1.165, 1.54) is 13.2 Å². The van der Waals surface area contributed by atoms with E-state index in [9.17, 15) is 5.11 Å². The van der Waals surface area contributed by atoms with Crippen LogP contribution in [0, 0.1) is 11.3 Å². The van der Waals surface area contributed by atoms with Crippen LogP contribution in [0.5, 0.6) is 0 Å². The number of methoxy groups -OCH3 is 1. The molecule has 0 aliphatic heterocycles. The topological polar surface area (TPSA) is 78.2 Å². The standard InChI is InChI=1S/C10H12ClN3O2/c1-16-6-8(15)5-13-10-3-7(4-12)2-9(11)14-10/h2-3,8,15H,5-6H2,1H3,(H,13,14). The number of aromatic nitrogens is 1. The highest BCUT2D eigenvalue weighted by Crippen LogP contribution is 2.13. The molecule has 0 saturated carbocycles. The number of nitrogens with one attached hydrogen (secondary N) is 1. The zero-order valence-corrected chi connectivity index (χ0v) is 9.53. The second-order valence-electron chi connectivity index (χ2n) is 3.17. The number of aliphatic hydroxyl groups is 1. The van der Waals surface area contributed by atoms with Crippen molar-refractivity contribution in [3.8, 4) is 6.07 Å². The Kier molecular flexibility index (Phi) is 4.99. The molecule has 86 valence electrons. The Labute approximate surface area is 98.6 Å². The molecule has 0 radical (unpaired) electrons. The normalized spacial score (nSPS) is 11.9. The first-order valence-corrected chi connectivity index (χ1v) is 5.02. The van der Waals surface area contributed by atoms with Crippen molar-refractivity contribution in [1.82, 2.24) is 4.98 Å². The number of aliphatic hydroxyl groups excluding tert-OH is 1. The van der Waals surface area contributed by atoms with Crippen LogP contribution in [0.1, 0.15) is 5.56 Å². The molecule has 0 aliphatic rings. The van der Waals surface area contributed by atoms with Crippen LogP contribution in [0.25, 0.3) is 0 Å². The lowest BCUT2D eigenvalue weighted by molar-refractivity contribution is 0.0727. The molecule has 16 heavy (non-hydrogen) atoms. The number of anilines is 1. The highest BCUT2D eigenvalue weighted by molar-refractivity contribution is 6.29. The lowest BCUT2D eigenvalue weighted by atomic mass is 10.3. The summed E-state index contributed by atoms with van der Waals surface area (Å²) >= 11 is 5.72. The van der Waals surface area contributed by atoms with Crippen LogP contribution in [0.2, 0.25) is 5.15 Å². The Morgan fingerprint density at radius 2 is 2.44 bits per heavy atom. The van der Waals surface area contributed by atoms with Crippen LogP contribution in [-0.4, -0.2) is 36.5 Å². The molecular formula is C10H12ClN3O2. The predicted octanol–water partition coefficient (Wildman–Crippen LogP) is 1.03. The van der Waals surface area contributed by atoms with Gasteiger partial charge in [-0.25, -0.2) is 4.98 Å². The SMILES string of the molecule is COCC(O)CNc1cc(C#N)cc(Cl)n1. The average Bonchev–Trinajstić information content (AvgIpc) is 2.26. The van der Waals surface area contributed by atoms with E-state index in [1.807, 2.05) is 6.07 Å². The number of ether oxygens (including phenoxy) is 1. The van der Waals surface area contributed by atoms with Gasteiger partial charge in [-0.2, -0.15) is 5.26 Å². The van der Waals surface area contributed by atoms with Crippen LogP contribution < -0.4 is 5.32 Å². The molecule has 0 amide bonds. The van der Waals surface area contributed by atoms with E-state index >= 15 is 0 Å². The summed E-state index contributed by atoms with van der Waals surface area (Å²) in [6.45, 7) is 0.519. The van der Waals surface area contributed by atoms with Gasteiger partial charge in [0.1, 0.15) is 11.0 Å². The molecule has 0 spiro atoms. The van der Waals surface area contributed by atoms with Gasteiger partial charge in [-0.1, -0.05) is 11.6 Å². The minimum absolute atomic E-state index is 0.235. The van der Waals surface area contributed by atoms with E-state index in [0.717, 1.165) is 0 Å². The second kappa shape index (κ2) is 6.28. The number of hydrogen-bond donors (Lipinski definition) is 2. The third kappa shape index (κ3) is 4.03. The quantitative estimate of drug-likeness (QED) is 0.753. The van der Waals surface area contributed by atoms with Gasteiger partial charge in [0.2, 0.25) is 0 Å². The smallest absolute Gasteiger partial charge is 0.132 e. The minimum atomic E-state index is -0.628. The first-order valence-electron chi connectivity index (χ1n) is 4.64. The van der Waals surface area contributed by atoms with Crippen molar-refractivity contribution in [1.29, 1.82) is 5.26 Å². The lowest BCUT2D eigenvalue weighted by Crippen LogP contribution is -2.24. The van der Waals surface area contributed by atoms with E-state index < -0.39 is 6.10 Å². The first kappa shape index (κ1) is 12.7. The number of halogens is 1. The van der Waals surface area contributed by atoms with E-state index in [4.69, 9.17) is 21.6 Å². The number of hydrogen-bond acceptors (Lipinski definition) is 5. The predicted molar refractivity (Wildman–Crippen MR) is 60.3 cm³/mol. The van der Waals surface area contributed by atoms with Crippen LogP contribution in [0.4, 0.5) is 5.82 Å². The third-order valence-electron chi connectivity index (χ3n) is 1.80. The summed E-state index contributed by atoms with van der Waals surface area (Å²) in [6, 6.07) is 5.00. The maximum atomic E-state index is 9.39. The largest absolute Gasteiger partial charge is 0.389 e. The van der Waals surface area contributed by atoms with Gasteiger partial charge in [-0.05, 0) is 12.1 Å². The van der Waals surface area contributed by atoms with Crippen molar-refractivity contribution in [3.63, 3.8) is 0 Å². The van der Waals surface area contributed by atoms with Crippen molar-refractivity contribution in [2.45, 2.75) is 6.10 Å². The van der Waals surface area contributed by atoms with Crippen molar-refractivity contribution >= 4 is 17.4 Å². The Balaban J connectivity index is 2.60. The molecule has 5 nitrogen and oxygen atoms in total. The molecule has 1 atom stereocenters. The summed E-state index contributed by atoms with van der Waals surface area (Å²) in [4.78, 5) is 3.97. The summed E-state index contributed by atoms with van der Waals surface area (Å²) < 4.78 is 4.77. The van der Waals surface area contributed by atoms with E-state index in [2.05, 4.69) is 10.3 Å². The maximum Gasteiger partial charge on any atom is 0.132 e. The fourth-order valence-electron chi connectivity index (χ4n) is 1.13. The molecule has 0 bridgehead atoms. The van der Waals surface area contributed by atoms with Gasteiger partial charge in [0, 0.05) is 13.7 Å². The molecule has 6 heteroatoms. The molecule has 2 N–H and O–H groups in total. The second-order valence-corrected chi connectivity index (χ2v) is 3.55. The maximum absolute atomic E-state index is 9.39. The Hall–Kier alpha value is -1.35. The van der Waals surface area contributed by atoms with E-state index in [1.54, 1.807) is 6.07 Å². The van der Waals surface area contributed by atoms with Crippen LogP contribution >= 0.6 is 11.6 Å². The van der Waals surface area contributed by atoms with Gasteiger partial charge in [-0.15, -0.1) is 0 Å². The minimum Gasteiger partial charge on any atom is -0.389 e. The van der Waals surface area contributed by atoms with Crippen molar-refractivity contribution in [3.05, 3.63) is 22.8 Å². The van der Waals surface area contributed by atoms with Crippen molar-refractivity contribution in [2.24, 2.45) is 0 Å². The van der Waals surface area contributed by atoms with Crippen LogP contribution in [0.15, 0.2) is 12.1 Å². The first-order chi connectivity index (χ1) is 7.65. The fourth-order valence-corrected chi connectivity index (χ4v) is 1.33. The highest BCUT2D eigenvalue weighted by atomic mass is 35.5. The molecule has 1 aromatic rings. The number of nitriles is 1. The fraction of sp³-hybridized carbons (Fsp3) is 0.400. The molecule has 0 aromatic carbocycles. The zero-order valence-electron chi connectivity index (χ0n) is 8.77. The van der Waals surface area contributed by atoms with Crippen molar-refractivity contribution in [2.75, 3.05) is 25.6 Å². The van der Waals surface area contributed by atoms with Gasteiger partial charge in [0.05, 0.1) is 24.3 Å². The summed E-state index contributed by atoms with van der Waals surface area (Å²) in [7, 11) is 1.51. The Morgan fingerprint density at radius 1 is 1.69 bits per heavy atom. The highest BCUT2D eigenvalue weighted by Gasteiger charge is 2.05. The van der Waals surface area contributed by atoms with Crippen LogP contribution in [0.3, 0.4) is 0 Å². The summed E-state index contributed by atoms with van der Waals surface area (Å²) in [6.07, 6.45) is -0.628. The number of rotatable bonds is 5. The van der Waals surface area contributed by atoms with Gasteiger partial charge in [0.15, 0.2) is 0 Å². The number of nitrogens with zero attached hydrogens (tertiary/aromatic N) is 2. The monoisotopic (exact) mass is 241 g/mol. The average molecular weight is 242 g/mol. The summed E-state index contributed by atoms with van der Waals surface area (Å²) in [5, 5.41) is 21.2. The number of pyridine rings is 1. The van der Waals surface area contributed by atoms with E-state index in [-0.39, 0.29) is 18.3 Å². The molecule has 0 saturated heterocycles. The lowest BCUT2D eigenvalue weighted by Gasteiger charge is -2.11. The van der Waals surface area contributed by atoms with Gasteiger partial charge in [-0.3, -0.25) is 0 Å². The van der Waals surface area contributed by atoms with Gasteiger partial charge < -0.3 is 15.2 Å². The van der Waals surface area contributed by atoms with E-state index in [0.29, 0.717) is 11.4 Å². The molecule has 1 aromatic heterocycles. The Bertz CT molecular complexity index is 392. The molecule has 0 aliphatic carbocycles. The van der Waals surface area contributed by atoms with Gasteiger partial charge in [0.25, 0.3) is 0 Å². The molecule has 0 fully saturated rings. The molecule has 1 heterocycles. The van der Waals surface area contributed by atoms with Crippen molar-refractivity contribution < 1.29 is 9.84 Å². The van der Waals surface area contributed by atoms with Gasteiger partial charge >= 0.3 is 0 Å².